The van der Waals surface area contributed by atoms with E-state index in [4.69, 9.17) is 0 Å². The van der Waals surface area contributed by atoms with E-state index in [2.05, 4.69) is 14.3 Å². The third kappa shape index (κ3) is 2.98. The maximum atomic E-state index is 11.6. The minimum absolute atomic E-state index is 0.246. The van der Waals surface area contributed by atoms with Crippen molar-refractivity contribution in [2.45, 2.75) is 49.7 Å². The first-order valence-corrected chi connectivity index (χ1v) is 10.0. The molecule has 1 aliphatic carbocycles. The molecule has 2 aliphatic rings. The molecule has 7 heteroatoms. The molecule has 1 saturated heterocycles. The van der Waals surface area contributed by atoms with Gasteiger partial charge in [-0.1, -0.05) is 19.3 Å². The van der Waals surface area contributed by atoms with Crippen LogP contribution in [0.3, 0.4) is 0 Å². The van der Waals surface area contributed by atoms with Gasteiger partial charge in [0.15, 0.2) is 9.84 Å². The summed E-state index contributed by atoms with van der Waals surface area (Å²) in [6, 6.07) is 0. The van der Waals surface area contributed by atoms with Crippen LogP contribution in [0.5, 0.6) is 0 Å². The van der Waals surface area contributed by atoms with Gasteiger partial charge in [0.1, 0.15) is 5.82 Å². The molecule has 1 aromatic rings. The molecule has 0 aromatic carbocycles. The van der Waals surface area contributed by atoms with Crippen molar-refractivity contribution in [2.75, 3.05) is 24.2 Å². The van der Waals surface area contributed by atoms with Gasteiger partial charge in [0.2, 0.25) is 5.13 Å². The maximum Gasteiger partial charge on any atom is 0.205 e. The Bertz CT molecular complexity index is 564. The molecule has 0 spiro atoms. The highest BCUT2D eigenvalue weighted by Crippen LogP contribution is 2.34. The van der Waals surface area contributed by atoms with Crippen LogP contribution >= 0.6 is 11.5 Å². The second-order valence-electron chi connectivity index (χ2n) is 5.96. The van der Waals surface area contributed by atoms with Gasteiger partial charge in [0, 0.05) is 36.8 Å². The van der Waals surface area contributed by atoms with Crippen LogP contribution in [0.15, 0.2) is 0 Å². The van der Waals surface area contributed by atoms with Crippen LogP contribution in [0.4, 0.5) is 5.13 Å². The van der Waals surface area contributed by atoms with Crippen LogP contribution in [0.1, 0.15) is 50.3 Å². The van der Waals surface area contributed by atoms with Crippen molar-refractivity contribution in [3.05, 3.63) is 5.82 Å². The molecule has 0 radical (unpaired) electrons. The number of sulfone groups is 1. The molecule has 0 bridgehead atoms. The molecular formula is C13H21N3O2S2. The van der Waals surface area contributed by atoms with Gasteiger partial charge in [0.05, 0.1) is 5.25 Å². The molecular weight excluding hydrogens is 294 g/mol. The average molecular weight is 315 g/mol. The van der Waals surface area contributed by atoms with E-state index >= 15 is 0 Å². The fourth-order valence-electron chi connectivity index (χ4n) is 3.13. The highest BCUT2D eigenvalue weighted by Gasteiger charge is 2.32. The van der Waals surface area contributed by atoms with Crippen LogP contribution in [0.25, 0.3) is 0 Å². The van der Waals surface area contributed by atoms with Crippen LogP contribution < -0.4 is 4.90 Å². The molecule has 1 aromatic heterocycles. The number of anilines is 1. The minimum atomic E-state index is -2.94. The Balaban J connectivity index is 1.68. The van der Waals surface area contributed by atoms with Gasteiger partial charge in [0.25, 0.3) is 0 Å². The van der Waals surface area contributed by atoms with Gasteiger partial charge in [-0.15, -0.1) is 0 Å². The number of rotatable bonds is 3. The topological polar surface area (TPSA) is 63.2 Å². The summed E-state index contributed by atoms with van der Waals surface area (Å²) in [5.41, 5.74) is 0. The largest absolute Gasteiger partial charge is 0.346 e. The summed E-state index contributed by atoms with van der Waals surface area (Å²) in [6.07, 6.45) is 8.31. The minimum Gasteiger partial charge on any atom is -0.346 e. The van der Waals surface area contributed by atoms with E-state index in [0.717, 1.165) is 17.5 Å². The van der Waals surface area contributed by atoms with Crippen molar-refractivity contribution >= 4 is 26.5 Å². The van der Waals surface area contributed by atoms with Gasteiger partial charge in [-0.2, -0.15) is 4.37 Å². The zero-order valence-electron chi connectivity index (χ0n) is 11.8. The zero-order chi connectivity index (χ0) is 14.2. The second kappa shape index (κ2) is 5.60. The van der Waals surface area contributed by atoms with Crippen LogP contribution in [0.2, 0.25) is 0 Å². The summed E-state index contributed by atoms with van der Waals surface area (Å²) in [5.74, 6) is 1.49. The van der Waals surface area contributed by atoms with Gasteiger partial charge in [-0.25, -0.2) is 13.4 Å². The molecule has 2 heterocycles. The Kier molecular flexibility index (Phi) is 3.99. The van der Waals surface area contributed by atoms with Crippen LogP contribution in [0, 0.1) is 0 Å². The van der Waals surface area contributed by atoms with Crippen LogP contribution in [-0.2, 0) is 9.84 Å². The van der Waals surface area contributed by atoms with E-state index in [0.29, 0.717) is 18.9 Å². The van der Waals surface area contributed by atoms with E-state index in [9.17, 15) is 8.42 Å². The first-order chi connectivity index (χ1) is 9.54. The Morgan fingerprint density at radius 2 is 1.95 bits per heavy atom. The summed E-state index contributed by atoms with van der Waals surface area (Å²) >= 11 is 1.42. The molecule has 0 amide bonds. The van der Waals surface area contributed by atoms with Crippen LogP contribution in [-0.4, -0.2) is 42.4 Å². The average Bonchev–Trinajstić information content (AvgIpc) is 3.08. The quantitative estimate of drug-likeness (QED) is 0.856. The second-order valence-corrected chi connectivity index (χ2v) is 9.01. The number of hydrogen-bond acceptors (Lipinski definition) is 6. The summed E-state index contributed by atoms with van der Waals surface area (Å²) in [7, 11) is -2.94. The molecule has 0 N–H and O–H groups in total. The predicted octanol–water partition coefficient (Wildman–Crippen LogP) is 2.21. The smallest absolute Gasteiger partial charge is 0.205 e. The van der Waals surface area contributed by atoms with Crippen molar-refractivity contribution in [1.29, 1.82) is 0 Å². The lowest BCUT2D eigenvalue weighted by molar-refractivity contribution is 0.431. The molecule has 1 saturated carbocycles. The van der Waals surface area contributed by atoms with E-state index in [1.165, 1.54) is 49.9 Å². The monoisotopic (exact) mass is 315 g/mol. The van der Waals surface area contributed by atoms with E-state index in [1.807, 2.05) is 0 Å². The third-order valence-electron chi connectivity index (χ3n) is 4.42. The van der Waals surface area contributed by atoms with Gasteiger partial charge >= 0.3 is 0 Å². The fourth-order valence-corrected chi connectivity index (χ4v) is 4.90. The summed E-state index contributed by atoms with van der Waals surface area (Å²) in [6.45, 7) is 1.34. The standard InChI is InChI=1S/C13H21N3O2S2/c1-20(17,18)11-7-8-16(9-11)13-14-12(15-19-13)10-5-3-2-4-6-10/h10-11H,2-9H2,1H3. The van der Waals surface area contributed by atoms with E-state index in [-0.39, 0.29) is 5.25 Å². The molecule has 1 atom stereocenters. The predicted molar refractivity (Wildman–Crippen MR) is 81.2 cm³/mol. The Hall–Kier alpha value is -0.690. The fraction of sp³-hybridized carbons (Fsp3) is 0.846. The molecule has 5 nitrogen and oxygen atoms in total. The highest BCUT2D eigenvalue weighted by atomic mass is 32.2. The molecule has 112 valence electrons. The summed E-state index contributed by atoms with van der Waals surface area (Å²) in [5, 5.41) is 0.654. The molecule has 3 rings (SSSR count). The Labute approximate surface area is 124 Å². The molecule has 2 fully saturated rings. The highest BCUT2D eigenvalue weighted by molar-refractivity contribution is 7.91. The maximum absolute atomic E-state index is 11.6. The summed E-state index contributed by atoms with van der Waals surface area (Å²) in [4.78, 5) is 6.75. The van der Waals surface area contributed by atoms with Crippen molar-refractivity contribution in [1.82, 2.24) is 9.36 Å². The van der Waals surface area contributed by atoms with Crippen molar-refractivity contribution in [3.8, 4) is 0 Å². The Morgan fingerprint density at radius 3 is 2.60 bits per heavy atom. The van der Waals surface area contributed by atoms with Crippen molar-refractivity contribution < 1.29 is 8.42 Å². The lowest BCUT2D eigenvalue weighted by atomic mass is 9.89. The number of hydrogen-bond donors (Lipinski definition) is 0. The lowest BCUT2D eigenvalue weighted by Gasteiger charge is -2.18. The number of aromatic nitrogens is 2. The molecule has 1 aliphatic heterocycles. The zero-order valence-corrected chi connectivity index (χ0v) is 13.4. The van der Waals surface area contributed by atoms with E-state index < -0.39 is 9.84 Å². The summed E-state index contributed by atoms with van der Waals surface area (Å²) < 4.78 is 27.7. The van der Waals surface area contributed by atoms with Crippen molar-refractivity contribution in [3.63, 3.8) is 0 Å². The number of nitrogens with zero attached hydrogens (tertiary/aromatic N) is 3. The van der Waals surface area contributed by atoms with Gasteiger partial charge < -0.3 is 4.90 Å². The molecule has 20 heavy (non-hydrogen) atoms. The van der Waals surface area contributed by atoms with E-state index in [1.54, 1.807) is 0 Å². The normalized spacial score (nSPS) is 25.2. The first kappa shape index (κ1) is 14.3. The SMILES string of the molecule is CS(=O)(=O)C1CCN(c2nc(C3CCCCC3)ns2)C1. The third-order valence-corrected chi connectivity index (χ3v) is 6.81. The first-order valence-electron chi connectivity index (χ1n) is 7.31. The van der Waals surface area contributed by atoms with Gasteiger partial charge in [-0.05, 0) is 19.3 Å². The Morgan fingerprint density at radius 1 is 1.20 bits per heavy atom. The lowest BCUT2D eigenvalue weighted by Crippen LogP contribution is -2.26. The van der Waals surface area contributed by atoms with Crippen molar-refractivity contribution in [2.24, 2.45) is 0 Å². The molecule has 1 unspecified atom stereocenters. The van der Waals surface area contributed by atoms with Gasteiger partial charge in [-0.3, -0.25) is 0 Å².